The zero-order valence-electron chi connectivity index (χ0n) is 15.8. The van der Waals surface area contributed by atoms with Gasteiger partial charge in [0.15, 0.2) is 10.9 Å². The predicted octanol–water partition coefficient (Wildman–Crippen LogP) is 3.61. The van der Waals surface area contributed by atoms with E-state index >= 15 is 0 Å². The Bertz CT molecular complexity index is 1280. The van der Waals surface area contributed by atoms with Crippen molar-refractivity contribution < 1.29 is 9.18 Å². The first kappa shape index (κ1) is 19.1. The zero-order valence-corrected chi connectivity index (χ0v) is 16.6. The van der Waals surface area contributed by atoms with Crippen LogP contribution in [0.25, 0.3) is 11.3 Å². The van der Waals surface area contributed by atoms with E-state index in [9.17, 15) is 14.0 Å². The molecule has 2 aromatic heterocycles. The van der Waals surface area contributed by atoms with Crippen molar-refractivity contribution >= 4 is 23.2 Å². The van der Waals surface area contributed by atoms with Crippen molar-refractivity contribution in [3.8, 4) is 5.69 Å². The summed E-state index contributed by atoms with van der Waals surface area (Å²) in [6.45, 7) is 3.90. The molecule has 0 spiro atoms. The third-order valence-corrected chi connectivity index (χ3v) is 5.50. The molecule has 2 aromatic carbocycles. The topological polar surface area (TPSA) is 69.3 Å². The molecule has 146 valence electrons. The van der Waals surface area contributed by atoms with Crippen molar-refractivity contribution in [2.45, 2.75) is 19.0 Å². The van der Waals surface area contributed by atoms with Crippen molar-refractivity contribution in [1.29, 1.82) is 0 Å². The van der Waals surface area contributed by atoms with Gasteiger partial charge in [0.2, 0.25) is 5.65 Å². The van der Waals surface area contributed by atoms with Crippen LogP contribution in [0, 0.1) is 19.7 Å². The van der Waals surface area contributed by atoms with Crippen LogP contribution < -0.4 is 5.56 Å². The standard InChI is InChI=1S/C21H17FN4O2S/c1-13-3-8-17(14(2)11-13)18(27)12-29-21-24-23-19-20(28)25(9-10-26(19)21)16-6-4-15(22)5-7-16/h3-11H,12H2,1-2H3. The second-order valence-corrected chi connectivity index (χ2v) is 7.60. The van der Waals surface area contributed by atoms with Gasteiger partial charge in [-0.3, -0.25) is 18.6 Å². The van der Waals surface area contributed by atoms with E-state index in [-0.39, 0.29) is 28.6 Å². The highest BCUT2D eigenvalue weighted by molar-refractivity contribution is 7.99. The molecule has 0 radical (unpaired) electrons. The van der Waals surface area contributed by atoms with E-state index in [4.69, 9.17) is 0 Å². The molecule has 0 aliphatic rings. The van der Waals surface area contributed by atoms with Crippen molar-refractivity contribution in [3.63, 3.8) is 0 Å². The van der Waals surface area contributed by atoms with Gasteiger partial charge >= 0.3 is 5.56 Å². The first-order valence-electron chi connectivity index (χ1n) is 8.89. The minimum atomic E-state index is -0.377. The number of carbonyl (C=O) groups is 1. The van der Waals surface area contributed by atoms with E-state index in [2.05, 4.69) is 10.2 Å². The summed E-state index contributed by atoms with van der Waals surface area (Å²) in [6.07, 6.45) is 3.23. The van der Waals surface area contributed by atoms with Gasteiger partial charge in [0.25, 0.3) is 0 Å². The molecular weight excluding hydrogens is 391 g/mol. The Labute approximate surface area is 170 Å². The number of hydrogen-bond acceptors (Lipinski definition) is 5. The fourth-order valence-corrected chi connectivity index (χ4v) is 3.90. The second kappa shape index (κ2) is 7.63. The molecule has 0 unspecified atom stereocenters. The fraction of sp³-hybridized carbons (Fsp3) is 0.143. The van der Waals surface area contributed by atoms with Crippen molar-refractivity contribution in [1.82, 2.24) is 19.2 Å². The Morgan fingerprint density at radius 2 is 1.83 bits per heavy atom. The van der Waals surface area contributed by atoms with Crippen LogP contribution >= 0.6 is 11.8 Å². The summed E-state index contributed by atoms with van der Waals surface area (Å²) < 4.78 is 16.1. The van der Waals surface area contributed by atoms with Gasteiger partial charge in [-0.1, -0.05) is 35.5 Å². The third-order valence-electron chi connectivity index (χ3n) is 4.56. The quantitative estimate of drug-likeness (QED) is 0.373. The number of halogens is 1. The fourth-order valence-electron chi connectivity index (χ4n) is 3.10. The van der Waals surface area contributed by atoms with E-state index < -0.39 is 0 Å². The normalized spacial score (nSPS) is 11.1. The lowest BCUT2D eigenvalue weighted by Crippen LogP contribution is -2.20. The molecule has 0 fully saturated rings. The maximum absolute atomic E-state index is 13.1. The minimum absolute atomic E-state index is 0.0103. The van der Waals surface area contributed by atoms with Crippen LogP contribution in [0.5, 0.6) is 0 Å². The molecule has 0 bridgehead atoms. The van der Waals surface area contributed by atoms with Gasteiger partial charge in [-0.2, -0.15) is 0 Å². The van der Waals surface area contributed by atoms with Crippen LogP contribution in [-0.4, -0.2) is 30.7 Å². The maximum atomic E-state index is 13.1. The van der Waals surface area contributed by atoms with Gasteiger partial charge in [0, 0.05) is 23.6 Å². The largest absolute Gasteiger partial charge is 0.300 e. The average Bonchev–Trinajstić information content (AvgIpc) is 3.11. The SMILES string of the molecule is Cc1ccc(C(=O)CSc2nnc3c(=O)n(-c4ccc(F)cc4)ccn23)c(C)c1. The highest BCUT2D eigenvalue weighted by atomic mass is 32.2. The molecule has 0 atom stereocenters. The van der Waals surface area contributed by atoms with Crippen molar-refractivity contribution in [2.24, 2.45) is 0 Å². The monoisotopic (exact) mass is 408 g/mol. The summed E-state index contributed by atoms with van der Waals surface area (Å²) >= 11 is 1.23. The van der Waals surface area contributed by atoms with Gasteiger partial charge < -0.3 is 0 Å². The Kier molecular flexibility index (Phi) is 5.02. The van der Waals surface area contributed by atoms with Gasteiger partial charge in [0.1, 0.15) is 5.82 Å². The molecular formula is C21H17FN4O2S. The Hall–Kier alpha value is -3.26. The van der Waals surface area contributed by atoms with Crippen LogP contribution in [0.3, 0.4) is 0 Å². The van der Waals surface area contributed by atoms with Crippen molar-refractivity contribution in [2.75, 3.05) is 5.75 Å². The number of Topliss-reactive ketones (excluding diaryl/α,β-unsaturated/α-hetero) is 1. The first-order chi connectivity index (χ1) is 13.9. The number of fused-ring (bicyclic) bond motifs is 1. The van der Waals surface area contributed by atoms with E-state index in [1.54, 1.807) is 16.8 Å². The number of nitrogens with zero attached hydrogens (tertiary/aromatic N) is 4. The maximum Gasteiger partial charge on any atom is 0.300 e. The van der Waals surface area contributed by atoms with E-state index in [1.165, 1.54) is 40.6 Å². The number of ketones is 1. The second-order valence-electron chi connectivity index (χ2n) is 6.66. The minimum Gasteiger partial charge on any atom is -0.293 e. The highest BCUT2D eigenvalue weighted by Crippen LogP contribution is 2.19. The number of hydrogen-bond donors (Lipinski definition) is 0. The highest BCUT2D eigenvalue weighted by Gasteiger charge is 2.15. The summed E-state index contributed by atoms with van der Waals surface area (Å²) in [6, 6.07) is 11.3. The lowest BCUT2D eigenvalue weighted by molar-refractivity contribution is 0.102. The number of aromatic nitrogens is 4. The smallest absolute Gasteiger partial charge is 0.293 e. The third kappa shape index (κ3) is 3.71. The molecule has 0 aliphatic carbocycles. The molecule has 0 aliphatic heterocycles. The van der Waals surface area contributed by atoms with Gasteiger partial charge in [-0.15, -0.1) is 10.2 Å². The van der Waals surface area contributed by atoms with Gasteiger partial charge in [-0.25, -0.2) is 4.39 Å². The molecule has 4 rings (SSSR count). The van der Waals surface area contributed by atoms with Crippen molar-refractivity contribution in [3.05, 3.63) is 87.7 Å². The van der Waals surface area contributed by atoms with Crippen LogP contribution in [-0.2, 0) is 0 Å². The molecule has 2 heterocycles. The van der Waals surface area contributed by atoms with Crippen LogP contribution in [0.2, 0.25) is 0 Å². The number of carbonyl (C=O) groups excluding carboxylic acids is 1. The summed E-state index contributed by atoms with van der Waals surface area (Å²) in [4.78, 5) is 25.3. The summed E-state index contributed by atoms with van der Waals surface area (Å²) in [5.74, 6) is -0.201. The molecule has 4 aromatic rings. The molecule has 6 nitrogen and oxygen atoms in total. The number of rotatable bonds is 5. The van der Waals surface area contributed by atoms with Gasteiger partial charge in [0.05, 0.1) is 5.75 Å². The first-order valence-corrected chi connectivity index (χ1v) is 9.88. The molecule has 0 amide bonds. The molecule has 0 saturated heterocycles. The van der Waals surface area contributed by atoms with E-state index in [0.717, 1.165) is 11.1 Å². The van der Waals surface area contributed by atoms with Crippen LogP contribution in [0.4, 0.5) is 4.39 Å². The summed E-state index contributed by atoms with van der Waals surface area (Å²) in [7, 11) is 0. The number of aryl methyl sites for hydroxylation is 2. The Morgan fingerprint density at radius 1 is 1.07 bits per heavy atom. The predicted molar refractivity (Wildman–Crippen MR) is 110 cm³/mol. The van der Waals surface area contributed by atoms with Gasteiger partial charge in [-0.05, 0) is 43.7 Å². The summed E-state index contributed by atoms with van der Waals surface area (Å²) in [5.41, 5.74) is 3.01. The Balaban J connectivity index is 1.59. The lowest BCUT2D eigenvalue weighted by atomic mass is 10.0. The van der Waals surface area contributed by atoms with Crippen LogP contribution in [0.1, 0.15) is 21.5 Å². The number of benzene rings is 2. The van der Waals surface area contributed by atoms with Crippen LogP contribution in [0.15, 0.2) is 64.8 Å². The molecule has 29 heavy (non-hydrogen) atoms. The average molecular weight is 408 g/mol. The Morgan fingerprint density at radius 3 is 2.55 bits per heavy atom. The zero-order chi connectivity index (χ0) is 20.5. The lowest BCUT2D eigenvalue weighted by Gasteiger charge is -2.07. The molecule has 0 saturated carbocycles. The molecule has 8 heteroatoms. The molecule has 0 N–H and O–H groups in total. The van der Waals surface area contributed by atoms with E-state index in [0.29, 0.717) is 16.4 Å². The number of thioether (sulfide) groups is 1. The summed E-state index contributed by atoms with van der Waals surface area (Å²) in [5, 5.41) is 8.49. The van der Waals surface area contributed by atoms with E-state index in [1.807, 2.05) is 32.0 Å².